The molecule has 4 heteroatoms. The summed E-state index contributed by atoms with van der Waals surface area (Å²) in [7, 11) is 0. The topological polar surface area (TPSA) is 64.3 Å². The Labute approximate surface area is 72.5 Å². The largest absolute Gasteiger partial charge is 0.381 e. The molecule has 12 heavy (non-hydrogen) atoms. The number of carbonyl (C=O) groups is 1. The van der Waals surface area contributed by atoms with Gasteiger partial charge in [-0.1, -0.05) is 0 Å². The minimum absolute atomic E-state index is 0.0407. The highest BCUT2D eigenvalue weighted by Gasteiger charge is 2.23. The van der Waals surface area contributed by atoms with Crippen molar-refractivity contribution >= 4 is 5.91 Å². The zero-order valence-electron chi connectivity index (χ0n) is 7.38. The van der Waals surface area contributed by atoms with Crippen LogP contribution >= 0.6 is 0 Å². The molecule has 0 saturated carbocycles. The van der Waals surface area contributed by atoms with E-state index < -0.39 is 0 Å². The molecule has 1 fully saturated rings. The van der Waals surface area contributed by atoms with Gasteiger partial charge in [-0.2, -0.15) is 0 Å². The number of ether oxygens (including phenoxy) is 1. The summed E-state index contributed by atoms with van der Waals surface area (Å²) in [6, 6.07) is 0.0677. The molecule has 0 aliphatic carbocycles. The van der Waals surface area contributed by atoms with Gasteiger partial charge in [0.15, 0.2) is 0 Å². The van der Waals surface area contributed by atoms with Crippen LogP contribution in [0.2, 0.25) is 0 Å². The molecule has 1 aliphatic heterocycles. The molecule has 0 bridgehead atoms. The van der Waals surface area contributed by atoms with E-state index in [1.54, 1.807) is 0 Å². The Morgan fingerprint density at radius 2 is 2.58 bits per heavy atom. The number of carbonyl (C=O) groups excluding carboxylic acids is 1. The maximum atomic E-state index is 11.4. The van der Waals surface area contributed by atoms with Crippen LogP contribution in [0.5, 0.6) is 0 Å². The SMILES string of the molecule is C[C@H](CN)NC(=O)C1CCOC1. The van der Waals surface area contributed by atoms with Crippen molar-refractivity contribution in [2.24, 2.45) is 11.7 Å². The van der Waals surface area contributed by atoms with Crippen LogP contribution in [0.3, 0.4) is 0 Å². The van der Waals surface area contributed by atoms with E-state index in [0.717, 1.165) is 6.42 Å². The fourth-order valence-corrected chi connectivity index (χ4v) is 1.16. The minimum atomic E-state index is 0.0407. The first kappa shape index (κ1) is 9.48. The maximum absolute atomic E-state index is 11.4. The quantitative estimate of drug-likeness (QED) is 0.602. The van der Waals surface area contributed by atoms with Gasteiger partial charge in [-0.05, 0) is 13.3 Å². The van der Waals surface area contributed by atoms with E-state index in [0.29, 0.717) is 19.8 Å². The molecule has 1 rings (SSSR count). The summed E-state index contributed by atoms with van der Waals surface area (Å²) in [5.74, 6) is 0.115. The second-order valence-electron chi connectivity index (χ2n) is 3.21. The molecular weight excluding hydrogens is 156 g/mol. The normalized spacial score (nSPS) is 25.3. The number of amides is 1. The van der Waals surface area contributed by atoms with Gasteiger partial charge >= 0.3 is 0 Å². The molecule has 1 amide bonds. The molecule has 1 aliphatic rings. The highest BCUT2D eigenvalue weighted by molar-refractivity contribution is 5.79. The molecule has 1 saturated heterocycles. The number of nitrogens with two attached hydrogens (primary N) is 1. The molecule has 2 atom stereocenters. The van der Waals surface area contributed by atoms with Crippen LogP contribution in [0.25, 0.3) is 0 Å². The second-order valence-corrected chi connectivity index (χ2v) is 3.21. The lowest BCUT2D eigenvalue weighted by Crippen LogP contribution is -2.41. The first-order chi connectivity index (χ1) is 5.74. The van der Waals surface area contributed by atoms with Crippen LogP contribution in [0.1, 0.15) is 13.3 Å². The van der Waals surface area contributed by atoms with E-state index >= 15 is 0 Å². The molecule has 4 nitrogen and oxygen atoms in total. The van der Waals surface area contributed by atoms with Crippen molar-refractivity contribution in [2.75, 3.05) is 19.8 Å². The number of hydrogen-bond donors (Lipinski definition) is 2. The van der Waals surface area contributed by atoms with Gasteiger partial charge in [0.2, 0.25) is 5.91 Å². The van der Waals surface area contributed by atoms with Crippen LogP contribution in [-0.2, 0) is 9.53 Å². The third-order valence-electron chi connectivity index (χ3n) is 2.04. The summed E-state index contributed by atoms with van der Waals surface area (Å²) < 4.78 is 5.10. The lowest BCUT2D eigenvalue weighted by atomic mass is 10.1. The van der Waals surface area contributed by atoms with Crippen molar-refractivity contribution in [3.63, 3.8) is 0 Å². The molecule has 1 heterocycles. The molecular formula is C8H16N2O2. The molecule has 3 N–H and O–H groups in total. The molecule has 0 aromatic rings. The summed E-state index contributed by atoms with van der Waals surface area (Å²) in [6.45, 7) is 3.64. The lowest BCUT2D eigenvalue weighted by molar-refractivity contribution is -0.125. The van der Waals surface area contributed by atoms with E-state index in [9.17, 15) is 4.79 Å². The fourth-order valence-electron chi connectivity index (χ4n) is 1.16. The van der Waals surface area contributed by atoms with Gasteiger partial charge in [-0.3, -0.25) is 4.79 Å². The number of nitrogens with one attached hydrogen (secondary N) is 1. The Morgan fingerprint density at radius 3 is 3.08 bits per heavy atom. The average molecular weight is 172 g/mol. The van der Waals surface area contributed by atoms with Crippen molar-refractivity contribution in [2.45, 2.75) is 19.4 Å². The summed E-state index contributed by atoms with van der Waals surface area (Å²) >= 11 is 0. The summed E-state index contributed by atoms with van der Waals surface area (Å²) in [5.41, 5.74) is 5.37. The predicted octanol–water partition coefficient (Wildman–Crippen LogP) is -0.514. The summed E-state index contributed by atoms with van der Waals surface area (Å²) in [4.78, 5) is 11.4. The Bertz CT molecular complexity index is 155. The van der Waals surface area contributed by atoms with E-state index in [1.165, 1.54) is 0 Å². The zero-order valence-corrected chi connectivity index (χ0v) is 7.38. The Balaban J connectivity index is 2.27. The second kappa shape index (κ2) is 4.42. The van der Waals surface area contributed by atoms with Gasteiger partial charge in [0.05, 0.1) is 12.5 Å². The Hall–Kier alpha value is -0.610. The Kier molecular flexibility index (Phi) is 3.49. The fraction of sp³-hybridized carbons (Fsp3) is 0.875. The van der Waals surface area contributed by atoms with Gasteiger partial charge in [0.25, 0.3) is 0 Å². The molecule has 0 spiro atoms. The molecule has 0 aromatic carbocycles. The monoisotopic (exact) mass is 172 g/mol. The highest BCUT2D eigenvalue weighted by Crippen LogP contribution is 2.11. The van der Waals surface area contributed by atoms with E-state index in [-0.39, 0.29) is 17.9 Å². The first-order valence-corrected chi connectivity index (χ1v) is 4.32. The van der Waals surface area contributed by atoms with E-state index in [1.807, 2.05) is 6.92 Å². The number of hydrogen-bond acceptors (Lipinski definition) is 3. The van der Waals surface area contributed by atoms with Crippen molar-refractivity contribution in [3.8, 4) is 0 Å². The Morgan fingerprint density at radius 1 is 1.83 bits per heavy atom. The van der Waals surface area contributed by atoms with Crippen LogP contribution < -0.4 is 11.1 Å². The van der Waals surface area contributed by atoms with Crippen molar-refractivity contribution in [1.29, 1.82) is 0 Å². The first-order valence-electron chi connectivity index (χ1n) is 4.32. The minimum Gasteiger partial charge on any atom is -0.381 e. The number of rotatable bonds is 3. The van der Waals surface area contributed by atoms with Crippen LogP contribution in [-0.4, -0.2) is 31.7 Å². The van der Waals surface area contributed by atoms with Crippen LogP contribution in [0.15, 0.2) is 0 Å². The molecule has 70 valence electrons. The standard InChI is InChI=1S/C8H16N2O2/c1-6(4-9)10-8(11)7-2-3-12-5-7/h6-7H,2-5,9H2,1H3,(H,10,11)/t6-,7?/m1/s1. The highest BCUT2D eigenvalue weighted by atomic mass is 16.5. The molecule has 0 radical (unpaired) electrons. The van der Waals surface area contributed by atoms with Crippen molar-refractivity contribution < 1.29 is 9.53 Å². The smallest absolute Gasteiger partial charge is 0.225 e. The van der Waals surface area contributed by atoms with Gasteiger partial charge in [-0.25, -0.2) is 0 Å². The van der Waals surface area contributed by atoms with Crippen LogP contribution in [0.4, 0.5) is 0 Å². The van der Waals surface area contributed by atoms with E-state index in [2.05, 4.69) is 5.32 Å². The molecule has 0 aromatic heterocycles. The maximum Gasteiger partial charge on any atom is 0.225 e. The summed E-state index contributed by atoms with van der Waals surface area (Å²) in [6.07, 6.45) is 0.836. The zero-order chi connectivity index (χ0) is 8.97. The lowest BCUT2D eigenvalue weighted by Gasteiger charge is -2.13. The third kappa shape index (κ3) is 2.46. The van der Waals surface area contributed by atoms with Gasteiger partial charge in [0.1, 0.15) is 0 Å². The molecule has 1 unspecified atom stereocenters. The van der Waals surface area contributed by atoms with Crippen molar-refractivity contribution in [3.05, 3.63) is 0 Å². The third-order valence-corrected chi connectivity index (χ3v) is 2.04. The average Bonchev–Trinajstić information content (AvgIpc) is 2.56. The van der Waals surface area contributed by atoms with E-state index in [4.69, 9.17) is 10.5 Å². The summed E-state index contributed by atoms with van der Waals surface area (Å²) in [5, 5.41) is 2.83. The van der Waals surface area contributed by atoms with Crippen molar-refractivity contribution in [1.82, 2.24) is 5.32 Å². The van der Waals surface area contributed by atoms with Crippen LogP contribution in [0, 0.1) is 5.92 Å². The predicted molar refractivity (Wildman–Crippen MR) is 45.6 cm³/mol. The van der Waals surface area contributed by atoms with Gasteiger partial charge in [0, 0.05) is 19.2 Å². The van der Waals surface area contributed by atoms with Gasteiger partial charge < -0.3 is 15.8 Å². The van der Waals surface area contributed by atoms with Gasteiger partial charge in [-0.15, -0.1) is 0 Å².